The highest BCUT2D eigenvalue weighted by atomic mass is 35.5. The molecule has 1 aromatic heterocycles. The van der Waals surface area contributed by atoms with Crippen LogP contribution in [0, 0.1) is 6.92 Å². The van der Waals surface area contributed by atoms with Crippen LogP contribution in [0.15, 0.2) is 0 Å². The van der Waals surface area contributed by atoms with Crippen LogP contribution in [0.25, 0.3) is 0 Å². The zero-order valence-electron chi connectivity index (χ0n) is 12.0. The van der Waals surface area contributed by atoms with E-state index >= 15 is 0 Å². The molecule has 0 saturated carbocycles. The molecule has 0 bridgehead atoms. The number of hydrogen-bond donors (Lipinski definition) is 0. The van der Waals surface area contributed by atoms with Crippen LogP contribution in [0.2, 0.25) is 0 Å². The fraction of sp³-hybridized carbons (Fsp3) is 0.769. The number of nitrogens with zero attached hydrogens (tertiary/aromatic N) is 3. The topological polar surface area (TPSA) is 30.3 Å². The van der Waals surface area contributed by atoms with Gasteiger partial charge in [0.25, 0.3) is 0 Å². The molecule has 0 aliphatic rings. The summed E-state index contributed by atoms with van der Waals surface area (Å²) in [4.78, 5) is 2.33. The molecule has 0 fully saturated rings. The molecule has 0 aliphatic carbocycles. The molecule has 1 unspecified atom stereocenters. The highest BCUT2D eigenvalue weighted by Gasteiger charge is 2.21. The van der Waals surface area contributed by atoms with Gasteiger partial charge in [-0.25, -0.2) is 0 Å². The molecule has 1 aromatic rings. The van der Waals surface area contributed by atoms with E-state index in [1.54, 1.807) is 7.11 Å². The molecule has 1 rings (SSSR count). The summed E-state index contributed by atoms with van der Waals surface area (Å²) in [5.74, 6) is 1.61. The Morgan fingerprint density at radius 3 is 2.67 bits per heavy atom. The van der Waals surface area contributed by atoms with E-state index in [1.807, 2.05) is 18.7 Å². The molecule has 0 aliphatic heterocycles. The lowest BCUT2D eigenvalue weighted by atomic mass is 10.2. The number of alkyl halides is 1. The van der Waals surface area contributed by atoms with E-state index in [1.165, 1.54) is 0 Å². The minimum absolute atomic E-state index is 0.442. The molecule has 0 radical (unpaired) electrons. The van der Waals surface area contributed by atoms with Crippen LogP contribution in [0.1, 0.15) is 31.5 Å². The number of hydrogen-bond acceptors (Lipinski definition) is 3. The average molecular weight is 274 g/mol. The fourth-order valence-electron chi connectivity index (χ4n) is 2.15. The van der Waals surface area contributed by atoms with Crippen LogP contribution >= 0.6 is 11.6 Å². The van der Waals surface area contributed by atoms with Gasteiger partial charge in [0.05, 0.1) is 18.2 Å². The lowest BCUT2D eigenvalue weighted by Gasteiger charge is -2.31. The molecule has 5 heteroatoms. The Labute approximate surface area is 115 Å². The monoisotopic (exact) mass is 273 g/mol. The first-order valence-corrected chi connectivity index (χ1v) is 6.94. The second-order valence-electron chi connectivity index (χ2n) is 4.59. The van der Waals surface area contributed by atoms with Crippen LogP contribution in [0.5, 0.6) is 0 Å². The summed E-state index contributed by atoms with van der Waals surface area (Å²) in [5, 5.41) is 4.48. The molecular formula is C13H24ClN3O. The highest BCUT2D eigenvalue weighted by Crippen LogP contribution is 2.27. The summed E-state index contributed by atoms with van der Waals surface area (Å²) in [7, 11) is 3.70. The maximum Gasteiger partial charge on any atom is 0.131 e. The van der Waals surface area contributed by atoms with E-state index in [4.69, 9.17) is 16.3 Å². The van der Waals surface area contributed by atoms with Crippen LogP contribution in [0.4, 0.5) is 5.82 Å². The van der Waals surface area contributed by atoms with Crippen molar-refractivity contribution in [2.45, 2.75) is 39.1 Å². The molecule has 0 amide bonds. The Morgan fingerprint density at radius 2 is 2.17 bits per heavy atom. The van der Waals surface area contributed by atoms with Crippen LogP contribution in [0.3, 0.4) is 0 Å². The molecule has 0 saturated heterocycles. The molecule has 104 valence electrons. The molecular weight excluding hydrogens is 250 g/mol. The molecule has 0 N–H and O–H groups in total. The molecule has 0 spiro atoms. The SMILES string of the molecule is CCC(C)N(CCOC)c1c(CCl)c(C)nn1C. The third-order valence-electron chi connectivity index (χ3n) is 3.38. The fourth-order valence-corrected chi connectivity index (χ4v) is 2.46. The number of anilines is 1. The number of methoxy groups -OCH3 is 1. The number of aromatic nitrogens is 2. The number of ether oxygens (including phenoxy) is 1. The smallest absolute Gasteiger partial charge is 0.131 e. The summed E-state index contributed by atoms with van der Waals surface area (Å²) in [5.41, 5.74) is 2.13. The number of rotatable bonds is 7. The van der Waals surface area contributed by atoms with Gasteiger partial charge in [-0.2, -0.15) is 5.10 Å². The van der Waals surface area contributed by atoms with Crippen LogP contribution in [-0.2, 0) is 17.7 Å². The highest BCUT2D eigenvalue weighted by molar-refractivity contribution is 6.17. The van der Waals surface area contributed by atoms with E-state index in [0.717, 1.165) is 30.0 Å². The van der Waals surface area contributed by atoms with Crippen molar-refractivity contribution in [2.24, 2.45) is 7.05 Å². The summed E-state index contributed by atoms with van der Waals surface area (Å²) < 4.78 is 7.13. The first-order chi connectivity index (χ1) is 8.56. The van der Waals surface area contributed by atoms with E-state index in [0.29, 0.717) is 18.5 Å². The second kappa shape index (κ2) is 7.00. The van der Waals surface area contributed by atoms with Gasteiger partial charge in [-0.3, -0.25) is 4.68 Å². The van der Waals surface area contributed by atoms with E-state index in [-0.39, 0.29) is 0 Å². The molecule has 4 nitrogen and oxygen atoms in total. The standard InChI is InChI=1S/C13H24ClN3O/c1-6-10(2)17(7-8-18-5)13-12(9-14)11(3)15-16(13)4/h10H,6-9H2,1-5H3. The Bertz CT molecular complexity index is 379. The predicted octanol–water partition coefficient (Wildman–Crippen LogP) is 2.72. The third kappa shape index (κ3) is 3.18. The van der Waals surface area contributed by atoms with Crippen molar-refractivity contribution in [3.05, 3.63) is 11.3 Å². The number of halogens is 1. The molecule has 0 aromatic carbocycles. The van der Waals surface area contributed by atoms with Crippen molar-refractivity contribution in [3.63, 3.8) is 0 Å². The Morgan fingerprint density at radius 1 is 1.50 bits per heavy atom. The van der Waals surface area contributed by atoms with Gasteiger partial charge in [-0.15, -0.1) is 11.6 Å². The molecule has 1 atom stereocenters. The van der Waals surface area contributed by atoms with Crippen molar-refractivity contribution in [3.8, 4) is 0 Å². The van der Waals surface area contributed by atoms with Gasteiger partial charge in [0, 0.05) is 32.3 Å². The van der Waals surface area contributed by atoms with E-state index < -0.39 is 0 Å². The molecule has 18 heavy (non-hydrogen) atoms. The lowest BCUT2D eigenvalue weighted by molar-refractivity contribution is 0.203. The van der Waals surface area contributed by atoms with Crippen LogP contribution < -0.4 is 4.90 Å². The third-order valence-corrected chi connectivity index (χ3v) is 3.65. The normalized spacial score (nSPS) is 12.8. The quantitative estimate of drug-likeness (QED) is 0.716. The van der Waals surface area contributed by atoms with Gasteiger partial charge in [0.2, 0.25) is 0 Å². The first-order valence-electron chi connectivity index (χ1n) is 6.40. The van der Waals surface area contributed by atoms with Crippen molar-refractivity contribution in [2.75, 3.05) is 25.2 Å². The average Bonchev–Trinajstić information content (AvgIpc) is 2.64. The van der Waals surface area contributed by atoms with Crippen molar-refractivity contribution in [1.82, 2.24) is 9.78 Å². The van der Waals surface area contributed by atoms with Gasteiger partial charge in [0.15, 0.2) is 0 Å². The first kappa shape index (κ1) is 15.3. The van der Waals surface area contributed by atoms with Gasteiger partial charge in [0.1, 0.15) is 5.82 Å². The second-order valence-corrected chi connectivity index (χ2v) is 4.86. The van der Waals surface area contributed by atoms with Gasteiger partial charge < -0.3 is 9.64 Å². The zero-order valence-corrected chi connectivity index (χ0v) is 12.8. The van der Waals surface area contributed by atoms with Gasteiger partial charge in [-0.1, -0.05) is 6.92 Å². The maximum atomic E-state index is 6.07. The largest absolute Gasteiger partial charge is 0.383 e. The molecule has 1 heterocycles. The van der Waals surface area contributed by atoms with Crippen LogP contribution in [-0.4, -0.2) is 36.1 Å². The zero-order chi connectivity index (χ0) is 13.7. The predicted molar refractivity (Wildman–Crippen MR) is 76.5 cm³/mol. The minimum atomic E-state index is 0.442. The summed E-state index contributed by atoms with van der Waals surface area (Å²) in [6.07, 6.45) is 1.08. The van der Waals surface area contributed by atoms with E-state index in [2.05, 4.69) is 23.8 Å². The maximum absolute atomic E-state index is 6.07. The Kier molecular flexibility index (Phi) is 5.96. The summed E-state index contributed by atoms with van der Waals surface area (Å²) in [6.45, 7) is 7.97. The van der Waals surface area contributed by atoms with Gasteiger partial charge >= 0.3 is 0 Å². The van der Waals surface area contributed by atoms with Crippen molar-refractivity contribution >= 4 is 17.4 Å². The Hall–Kier alpha value is -0.740. The van der Waals surface area contributed by atoms with Crippen molar-refractivity contribution < 1.29 is 4.74 Å². The number of aryl methyl sites for hydroxylation is 2. The lowest BCUT2D eigenvalue weighted by Crippen LogP contribution is -2.37. The summed E-state index contributed by atoms with van der Waals surface area (Å²) in [6, 6.07) is 0.442. The minimum Gasteiger partial charge on any atom is -0.383 e. The Balaban J connectivity index is 3.11. The van der Waals surface area contributed by atoms with E-state index in [9.17, 15) is 0 Å². The summed E-state index contributed by atoms with van der Waals surface area (Å²) >= 11 is 6.07. The van der Waals surface area contributed by atoms with Crippen molar-refractivity contribution in [1.29, 1.82) is 0 Å². The van der Waals surface area contributed by atoms with Gasteiger partial charge in [-0.05, 0) is 20.3 Å².